The SMILES string of the molecule is Fc1cccc(F)c1Cn1ncnc1CNC1CC1. The Morgan fingerprint density at radius 1 is 1.26 bits per heavy atom. The van der Waals surface area contributed by atoms with Gasteiger partial charge in [0.25, 0.3) is 0 Å². The molecule has 4 nitrogen and oxygen atoms in total. The molecule has 0 bridgehead atoms. The molecule has 1 saturated carbocycles. The zero-order valence-corrected chi connectivity index (χ0v) is 10.3. The topological polar surface area (TPSA) is 42.7 Å². The van der Waals surface area contributed by atoms with Crippen LogP contribution in [0, 0.1) is 11.6 Å². The smallest absolute Gasteiger partial charge is 0.141 e. The van der Waals surface area contributed by atoms with E-state index in [0.29, 0.717) is 18.4 Å². The fourth-order valence-electron chi connectivity index (χ4n) is 1.91. The minimum Gasteiger partial charge on any atom is -0.307 e. The highest BCUT2D eigenvalue weighted by atomic mass is 19.1. The van der Waals surface area contributed by atoms with Gasteiger partial charge in [0.05, 0.1) is 13.1 Å². The fourth-order valence-corrected chi connectivity index (χ4v) is 1.91. The average molecular weight is 264 g/mol. The molecule has 100 valence electrons. The molecule has 0 unspecified atom stereocenters. The molecule has 3 rings (SSSR count). The first-order chi connectivity index (χ1) is 9.24. The molecule has 2 aromatic rings. The van der Waals surface area contributed by atoms with Crippen LogP contribution in [0.1, 0.15) is 24.2 Å². The first kappa shape index (κ1) is 12.2. The van der Waals surface area contributed by atoms with E-state index in [4.69, 9.17) is 0 Å². The Bertz CT molecular complexity index is 558. The van der Waals surface area contributed by atoms with Crippen molar-refractivity contribution < 1.29 is 8.78 Å². The quantitative estimate of drug-likeness (QED) is 0.896. The van der Waals surface area contributed by atoms with Crippen LogP contribution in [-0.4, -0.2) is 20.8 Å². The largest absolute Gasteiger partial charge is 0.307 e. The number of rotatable bonds is 5. The Kier molecular flexibility index (Phi) is 3.25. The second-order valence-electron chi connectivity index (χ2n) is 4.69. The van der Waals surface area contributed by atoms with E-state index in [9.17, 15) is 8.78 Å². The van der Waals surface area contributed by atoms with Crippen molar-refractivity contribution in [2.75, 3.05) is 0 Å². The van der Waals surface area contributed by atoms with Crippen LogP contribution in [0.5, 0.6) is 0 Å². The lowest BCUT2D eigenvalue weighted by molar-refractivity contribution is 0.517. The van der Waals surface area contributed by atoms with Crippen LogP contribution >= 0.6 is 0 Å². The second-order valence-corrected chi connectivity index (χ2v) is 4.69. The minimum absolute atomic E-state index is 0.0145. The molecule has 1 aromatic carbocycles. The standard InChI is InChI=1S/C13H14F2N4/c14-11-2-1-3-12(15)10(11)7-19-13(17-8-18-19)6-16-9-4-5-9/h1-3,8-9,16H,4-7H2. The highest BCUT2D eigenvalue weighted by Gasteiger charge is 2.21. The van der Waals surface area contributed by atoms with E-state index in [2.05, 4.69) is 15.4 Å². The molecule has 19 heavy (non-hydrogen) atoms. The van der Waals surface area contributed by atoms with Crippen LogP contribution in [-0.2, 0) is 13.1 Å². The number of hydrogen-bond donors (Lipinski definition) is 1. The molecule has 1 aliphatic rings. The van der Waals surface area contributed by atoms with E-state index in [1.807, 2.05) is 0 Å². The first-order valence-electron chi connectivity index (χ1n) is 6.27. The molecule has 0 spiro atoms. The van der Waals surface area contributed by atoms with E-state index < -0.39 is 11.6 Å². The fraction of sp³-hybridized carbons (Fsp3) is 0.385. The summed E-state index contributed by atoms with van der Waals surface area (Å²) in [4.78, 5) is 4.12. The van der Waals surface area contributed by atoms with Crippen LogP contribution in [0.4, 0.5) is 8.78 Å². The molecule has 0 aliphatic heterocycles. The minimum atomic E-state index is -0.559. The Hall–Kier alpha value is -1.82. The summed E-state index contributed by atoms with van der Waals surface area (Å²) in [5, 5.41) is 7.33. The monoisotopic (exact) mass is 264 g/mol. The zero-order valence-electron chi connectivity index (χ0n) is 10.3. The van der Waals surface area contributed by atoms with Gasteiger partial charge in [-0.15, -0.1) is 0 Å². The van der Waals surface area contributed by atoms with Crippen molar-refractivity contribution in [3.63, 3.8) is 0 Å². The van der Waals surface area contributed by atoms with Gasteiger partial charge in [-0.3, -0.25) is 0 Å². The van der Waals surface area contributed by atoms with Gasteiger partial charge in [0.2, 0.25) is 0 Å². The molecule has 0 amide bonds. The molecule has 1 heterocycles. The second kappa shape index (κ2) is 5.05. The molecule has 6 heteroatoms. The van der Waals surface area contributed by atoms with Crippen LogP contribution in [0.15, 0.2) is 24.5 Å². The Balaban J connectivity index is 1.77. The average Bonchev–Trinajstić information content (AvgIpc) is 3.11. The number of nitrogens with one attached hydrogen (secondary N) is 1. The summed E-state index contributed by atoms with van der Waals surface area (Å²) in [6.07, 6.45) is 3.76. The van der Waals surface area contributed by atoms with Gasteiger partial charge in [0.15, 0.2) is 0 Å². The van der Waals surface area contributed by atoms with Gasteiger partial charge in [-0.25, -0.2) is 18.4 Å². The highest BCUT2D eigenvalue weighted by Crippen LogP contribution is 2.19. The highest BCUT2D eigenvalue weighted by molar-refractivity contribution is 5.20. The molecule has 1 aromatic heterocycles. The summed E-state index contributed by atoms with van der Waals surface area (Å²) >= 11 is 0. The summed E-state index contributed by atoms with van der Waals surface area (Å²) in [5.41, 5.74) is 0.0145. The summed E-state index contributed by atoms with van der Waals surface area (Å²) in [6.45, 7) is 0.626. The third-order valence-corrected chi connectivity index (χ3v) is 3.19. The molecular formula is C13H14F2N4. The number of nitrogens with zero attached hydrogens (tertiary/aromatic N) is 3. The van der Waals surface area contributed by atoms with Crippen molar-refractivity contribution in [2.45, 2.75) is 32.0 Å². The maximum Gasteiger partial charge on any atom is 0.141 e. The normalized spacial score (nSPS) is 14.8. The molecule has 1 fully saturated rings. The van der Waals surface area contributed by atoms with Gasteiger partial charge in [-0.05, 0) is 25.0 Å². The van der Waals surface area contributed by atoms with E-state index in [1.54, 1.807) is 0 Å². The molecule has 0 saturated heterocycles. The zero-order chi connectivity index (χ0) is 13.2. The van der Waals surface area contributed by atoms with Gasteiger partial charge in [0, 0.05) is 11.6 Å². The predicted molar refractivity (Wildman–Crippen MR) is 65.3 cm³/mol. The van der Waals surface area contributed by atoms with Crippen molar-refractivity contribution in [3.05, 3.63) is 47.5 Å². The molecule has 0 atom stereocenters. The number of hydrogen-bond acceptors (Lipinski definition) is 3. The number of halogens is 2. The predicted octanol–water partition coefficient (Wildman–Crippen LogP) is 1.86. The van der Waals surface area contributed by atoms with E-state index in [1.165, 1.54) is 42.0 Å². The van der Waals surface area contributed by atoms with Crippen molar-refractivity contribution >= 4 is 0 Å². The lowest BCUT2D eigenvalue weighted by Crippen LogP contribution is -2.20. The first-order valence-corrected chi connectivity index (χ1v) is 6.27. The maximum absolute atomic E-state index is 13.6. The van der Waals surface area contributed by atoms with Crippen LogP contribution < -0.4 is 5.32 Å². The molecular weight excluding hydrogens is 250 g/mol. The van der Waals surface area contributed by atoms with Crippen LogP contribution in [0.25, 0.3) is 0 Å². The van der Waals surface area contributed by atoms with Gasteiger partial charge in [-0.2, -0.15) is 5.10 Å². The lowest BCUT2D eigenvalue weighted by Gasteiger charge is -2.08. The molecule has 1 N–H and O–H groups in total. The third-order valence-electron chi connectivity index (χ3n) is 3.19. The van der Waals surface area contributed by atoms with Crippen molar-refractivity contribution in [2.24, 2.45) is 0 Å². The maximum atomic E-state index is 13.6. The summed E-state index contributed by atoms with van der Waals surface area (Å²) in [7, 11) is 0. The van der Waals surface area contributed by atoms with E-state index in [-0.39, 0.29) is 12.1 Å². The van der Waals surface area contributed by atoms with Gasteiger partial charge < -0.3 is 5.32 Å². The van der Waals surface area contributed by atoms with E-state index >= 15 is 0 Å². The Morgan fingerprint density at radius 3 is 2.68 bits per heavy atom. The molecule has 0 radical (unpaired) electrons. The van der Waals surface area contributed by atoms with Crippen LogP contribution in [0.3, 0.4) is 0 Å². The van der Waals surface area contributed by atoms with Gasteiger partial charge >= 0.3 is 0 Å². The van der Waals surface area contributed by atoms with Crippen molar-refractivity contribution in [1.29, 1.82) is 0 Å². The summed E-state index contributed by atoms with van der Waals surface area (Å²) < 4.78 is 28.7. The Labute approximate surface area is 109 Å². The summed E-state index contributed by atoms with van der Waals surface area (Å²) in [6, 6.07) is 4.40. The number of aromatic nitrogens is 3. The Morgan fingerprint density at radius 2 is 2.00 bits per heavy atom. The van der Waals surface area contributed by atoms with Gasteiger partial charge in [0.1, 0.15) is 23.8 Å². The van der Waals surface area contributed by atoms with Gasteiger partial charge in [-0.1, -0.05) is 6.07 Å². The van der Waals surface area contributed by atoms with Crippen LogP contribution in [0.2, 0.25) is 0 Å². The van der Waals surface area contributed by atoms with Crippen molar-refractivity contribution in [3.8, 4) is 0 Å². The van der Waals surface area contributed by atoms with E-state index in [0.717, 1.165) is 0 Å². The van der Waals surface area contributed by atoms with Crippen molar-refractivity contribution in [1.82, 2.24) is 20.1 Å². The lowest BCUT2D eigenvalue weighted by atomic mass is 10.2. The summed E-state index contributed by atoms with van der Waals surface area (Å²) in [5.74, 6) is -0.428. The molecule has 1 aliphatic carbocycles. The number of benzene rings is 1. The third kappa shape index (κ3) is 2.78.